The van der Waals surface area contributed by atoms with E-state index in [9.17, 15) is 0 Å². The van der Waals surface area contributed by atoms with Crippen LogP contribution in [0.5, 0.6) is 0 Å². The molecule has 0 atom stereocenters. The molecule has 0 aromatic carbocycles. The third-order valence-corrected chi connectivity index (χ3v) is 1.89. The number of aromatic nitrogens is 2. The van der Waals surface area contributed by atoms with Gasteiger partial charge < -0.3 is 0 Å². The molecule has 0 aliphatic heterocycles. The normalized spacial score (nSPS) is 5.00. The predicted octanol–water partition coefficient (Wildman–Crippen LogP) is 0.356. The molecular weight excluding hydrogens is 328 g/mol. The largest absolute Gasteiger partial charge is 0.264 e. The van der Waals surface area contributed by atoms with Crippen molar-refractivity contribution in [3.63, 3.8) is 0 Å². The van der Waals surface area contributed by atoms with Crippen molar-refractivity contribution in [3.8, 4) is 131 Å². The lowest BCUT2D eigenvalue weighted by molar-refractivity contribution is 1.11. The van der Waals surface area contributed by atoms with Gasteiger partial charge in [0.15, 0.2) is 0 Å². The van der Waals surface area contributed by atoms with Crippen LogP contribution in [0.25, 0.3) is 0 Å². The van der Waals surface area contributed by atoms with Crippen LogP contribution in [0.4, 0.5) is 0 Å². The van der Waals surface area contributed by atoms with Gasteiger partial charge in [0.1, 0.15) is 6.33 Å². The molecule has 1 aromatic heterocycles. The Hall–Kier alpha value is -5.63. The minimum atomic E-state index is 1.57. The Kier molecular flexibility index (Phi) is 11.0. The molecule has 0 radical (unpaired) electrons. The Morgan fingerprint density at radius 2 is 0.889 bits per heavy atom. The number of nitrogens with zero attached hydrogens (tertiary/aromatic N) is 2. The lowest BCUT2D eigenvalue weighted by Gasteiger charge is -1.77. The Labute approximate surface area is 159 Å². The van der Waals surface area contributed by atoms with Crippen LogP contribution in [0.15, 0.2) is 18.7 Å². The molecule has 2 nitrogen and oxygen atoms in total. The average Bonchev–Trinajstić information content (AvgIpc) is 3.20. The standard InChI is InChI=1S/C25H4N2/c1-2-3-4-5-6-7-8-9-10-11-12-13-14-15-16-17-18-19-20-21-23-27-24-22-26-25-27/h1,22,24-25H. The predicted molar refractivity (Wildman–Crippen MR) is 104 cm³/mol. The molecule has 0 aliphatic rings. The Morgan fingerprint density at radius 1 is 0.519 bits per heavy atom. The summed E-state index contributed by atoms with van der Waals surface area (Å²) in [6, 6.07) is 2.73. The van der Waals surface area contributed by atoms with Crippen molar-refractivity contribution in [1.82, 2.24) is 9.55 Å². The first kappa shape index (κ1) is 19.4. The molecule has 0 bridgehead atoms. The van der Waals surface area contributed by atoms with Gasteiger partial charge in [-0.2, -0.15) is 0 Å². The number of imidazole rings is 1. The van der Waals surface area contributed by atoms with E-state index >= 15 is 0 Å². The highest BCUT2D eigenvalue weighted by atomic mass is 15.0. The third-order valence-electron chi connectivity index (χ3n) is 1.89. The topological polar surface area (TPSA) is 17.8 Å². The van der Waals surface area contributed by atoms with Gasteiger partial charge in [0.2, 0.25) is 0 Å². The van der Waals surface area contributed by atoms with Gasteiger partial charge >= 0.3 is 0 Å². The summed E-state index contributed by atoms with van der Waals surface area (Å²) in [7, 11) is 0. The van der Waals surface area contributed by atoms with E-state index in [2.05, 4.69) is 129 Å². The molecule has 0 fully saturated rings. The summed E-state index contributed by atoms with van der Waals surface area (Å²) in [5.41, 5.74) is 0. The zero-order valence-electron chi connectivity index (χ0n) is 13.7. The van der Waals surface area contributed by atoms with Crippen molar-refractivity contribution in [3.05, 3.63) is 18.7 Å². The van der Waals surface area contributed by atoms with Crippen molar-refractivity contribution in [2.24, 2.45) is 0 Å². The number of hydrogen-bond acceptors (Lipinski definition) is 1. The number of hydrogen-bond donors (Lipinski definition) is 0. The molecule has 0 saturated carbocycles. The lowest BCUT2D eigenvalue weighted by atomic mass is 10.4. The van der Waals surface area contributed by atoms with Gasteiger partial charge in [0.25, 0.3) is 0 Å². The smallest absolute Gasteiger partial charge is 0.107 e. The summed E-state index contributed by atoms with van der Waals surface area (Å²) in [6.07, 6.45) is 9.82. The van der Waals surface area contributed by atoms with Crippen LogP contribution in [0.1, 0.15) is 0 Å². The molecule has 0 unspecified atom stereocenters. The minimum absolute atomic E-state index is 1.57. The Morgan fingerprint density at radius 3 is 1.22 bits per heavy atom. The van der Waals surface area contributed by atoms with Gasteiger partial charge in [-0.3, -0.25) is 4.57 Å². The maximum atomic E-state index is 4.92. The first-order valence-corrected chi connectivity index (χ1v) is 6.88. The molecule has 0 spiro atoms. The van der Waals surface area contributed by atoms with Crippen LogP contribution in [0.2, 0.25) is 0 Å². The lowest BCUT2D eigenvalue weighted by Crippen LogP contribution is -1.79. The van der Waals surface area contributed by atoms with Crippen LogP contribution < -0.4 is 0 Å². The van der Waals surface area contributed by atoms with Crippen molar-refractivity contribution in [2.45, 2.75) is 0 Å². The SMILES string of the molecule is C#CC#CC#CC#CC#CC#CC#CC#CC#CC#CC#Cn1ccnc1. The van der Waals surface area contributed by atoms with Crippen molar-refractivity contribution < 1.29 is 0 Å². The van der Waals surface area contributed by atoms with Crippen molar-refractivity contribution in [1.29, 1.82) is 0 Å². The number of rotatable bonds is 0. The molecule has 0 amide bonds. The van der Waals surface area contributed by atoms with Crippen LogP contribution in [-0.4, -0.2) is 9.55 Å². The Bertz CT molecular complexity index is 1360. The fourth-order valence-electron chi connectivity index (χ4n) is 0.985. The van der Waals surface area contributed by atoms with Crippen molar-refractivity contribution in [2.75, 3.05) is 0 Å². The summed E-state index contributed by atoms with van der Waals surface area (Å²) in [5.74, 6) is 49.5. The first-order chi connectivity index (χ1) is 13.4. The van der Waals surface area contributed by atoms with E-state index < -0.39 is 0 Å². The molecular formula is C25H4N2. The van der Waals surface area contributed by atoms with E-state index in [1.165, 1.54) is 0 Å². The number of terminal acetylenes is 1. The summed E-state index contributed by atoms with van der Waals surface area (Å²) in [5, 5.41) is 0. The molecule has 0 saturated heterocycles. The summed E-state index contributed by atoms with van der Waals surface area (Å²) in [6.45, 7) is 0. The highest BCUT2D eigenvalue weighted by molar-refractivity contribution is 5.47. The zero-order valence-corrected chi connectivity index (χ0v) is 13.7. The van der Waals surface area contributed by atoms with Crippen LogP contribution in [0.3, 0.4) is 0 Å². The van der Waals surface area contributed by atoms with Gasteiger partial charge in [0, 0.05) is 89.5 Å². The second kappa shape index (κ2) is 15.3. The van der Waals surface area contributed by atoms with Gasteiger partial charge in [-0.1, -0.05) is 0 Å². The molecule has 1 rings (SSSR count). The van der Waals surface area contributed by atoms with E-state index in [0.29, 0.717) is 0 Å². The first-order valence-electron chi connectivity index (χ1n) is 6.88. The molecule has 0 aliphatic carbocycles. The Balaban J connectivity index is 2.41. The highest BCUT2D eigenvalue weighted by Crippen LogP contribution is 1.77. The molecule has 1 heterocycles. The zero-order chi connectivity index (χ0) is 19.3. The van der Waals surface area contributed by atoms with E-state index in [-0.39, 0.29) is 0 Å². The fraction of sp³-hybridized carbons (Fsp3) is 0. The fourth-order valence-corrected chi connectivity index (χ4v) is 0.985. The van der Waals surface area contributed by atoms with Crippen LogP contribution in [0, 0.1) is 131 Å². The van der Waals surface area contributed by atoms with Gasteiger partial charge in [-0.25, -0.2) is 4.98 Å². The minimum Gasteiger partial charge on any atom is -0.264 e. The average molecular weight is 332 g/mol. The van der Waals surface area contributed by atoms with E-state index in [1.807, 2.05) is 0 Å². The summed E-state index contributed by atoms with van der Waals surface area (Å²) < 4.78 is 1.58. The third kappa shape index (κ3) is 12.6. The maximum absolute atomic E-state index is 4.92. The maximum Gasteiger partial charge on any atom is 0.107 e. The monoisotopic (exact) mass is 332 g/mol. The van der Waals surface area contributed by atoms with Gasteiger partial charge in [-0.05, 0) is 47.4 Å². The molecule has 114 valence electrons. The molecule has 0 N–H and O–H groups in total. The molecule has 2 heteroatoms. The molecule has 27 heavy (non-hydrogen) atoms. The van der Waals surface area contributed by atoms with E-state index in [0.717, 1.165) is 0 Å². The van der Waals surface area contributed by atoms with Crippen LogP contribution in [-0.2, 0) is 0 Å². The second-order valence-corrected chi connectivity index (χ2v) is 3.60. The van der Waals surface area contributed by atoms with E-state index in [1.54, 1.807) is 23.3 Å². The second-order valence-electron chi connectivity index (χ2n) is 3.60. The quantitative estimate of drug-likeness (QED) is 0.627. The van der Waals surface area contributed by atoms with Gasteiger partial charge in [-0.15, -0.1) is 6.42 Å². The summed E-state index contributed by atoms with van der Waals surface area (Å²) in [4.78, 5) is 3.84. The van der Waals surface area contributed by atoms with Gasteiger partial charge in [0.05, 0.1) is 0 Å². The van der Waals surface area contributed by atoms with Crippen LogP contribution >= 0.6 is 0 Å². The van der Waals surface area contributed by atoms with E-state index in [4.69, 9.17) is 6.42 Å². The highest BCUT2D eigenvalue weighted by Gasteiger charge is 1.76. The van der Waals surface area contributed by atoms with Crippen molar-refractivity contribution >= 4 is 0 Å². The molecule has 1 aromatic rings. The summed E-state index contributed by atoms with van der Waals surface area (Å²) >= 11 is 0.